The van der Waals surface area contributed by atoms with Crippen molar-refractivity contribution < 1.29 is 0 Å². The lowest BCUT2D eigenvalue weighted by Gasteiger charge is -2.05. The van der Waals surface area contributed by atoms with E-state index in [2.05, 4.69) is 15.3 Å². The molecule has 3 nitrogen and oxygen atoms in total. The Bertz CT molecular complexity index is 675. The van der Waals surface area contributed by atoms with E-state index in [0.29, 0.717) is 5.88 Å². The number of rotatable bonds is 3. The molecule has 1 N–H and O–H groups in total. The SMILES string of the molecule is ClCc1csc(Nc2cccc3cccnc23)n1. The Balaban J connectivity index is 1.99. The second-order valence-electron chi connectivity index (χ2n) is 3.78. The number of hydrogen-bond acceptors (Lipinski definition) is 4. The lowest BCUT2D eigenvalue weighted by Crippen LogP contribution is -1.92. The van der Waals surface area contributed by atoms with E-state index in [1.807, 2.05) is 35.7 Å². The molecule has 18 heavy (non-hydrogen) atoms. The molecule has 0 saturated heterocycles. The highest BCUT2D eigenvalue weighted by Gasteiger charge is 2.05. The number of aromatic nitrogens is 2. The van der Waals surface area contributed by atoms with Gasteiger partial charge in [0, 0.05) is 17.0 Å². The van der Waals surface area contributed by atoms with Crippen molar-refractivity contribution in [2.24, 2.45) is 0 Å². The molecule has 5 heteroatoms. The molecular formula is C13H10ClN3S. The topological polar surface area (TPSA) is 37.8 Å². The molecule has 0 amide bonds. The van der Waals surface area contributed by atoms with E-state index in [1.165, 1.54) is 0 Å². The van der Waals surface area contributed by atoms with E-state index in [0.717, 1.165) is 27.4 Å². The van der Waals surface area contributed by atoms with E-state index in [-0.39, 0.29) is 0 Å². The Morgan fingerprint density at radius 2 is 2.11 bits per heavy atom. The summed E-state index contributed by atoms with van der Waals surface area (Å²) in [6.45, 7) is 0. The van der Waals surface area contributed by atoms with Gasteiger partial charge in [-0.25, -0.2) is 4.98 Å². The highest BCUT2D eigenvalue weighted by atomic mass is 35.5. The third-order valence-corrected chi connectivity index (χ3v) is 3.64. The van der Waals surface area contributed by atoms with Crippen molar-refractivity contribution in [3.63, 3.8) is 0 Å². The van der Waals surface area contributed by atoms with E-state index in [1.54, 1.807) is 17.5 Å². The van der Waals surface area contributed by atoms with Gasteiger partial charge in [-0.2, -0.15) is 0 Å². The minimum atomic E-state index is 0.436. The quantitative estimate of drug-likeness (QED) is 0.729. The number of halogens is 1. The molecule has 90 valence electrons. The van der Waals surface area contributed by atoms with Crippen LogP contribution in [0.1, 0.15) is 5.69 Å². The molecule has 0 radical (unpaired) electrons. The number of nitrogens with zero attached hydrogens (tertiary/aromatic N) is 2. The van der Waals surface area contributed by atoms with E-state index in [4.69, 9.17) is 11.6 Å². The average molecular weight is 276 g/mol. The molecule has 0 saturated carbocycles. The smallest absolute Gasteiger partial charge is 0.187 e. The second kappa shape index (κ2) is 4.92. The summed E-state index contributed by atoms with van der Waals surface area (Å²) < 4.78 is 0. The number of para-hydroxylation sites is 1. The zero-order valence-corrected chi connectivity index (χ0v) is 11.0. The van der Waals surface area contributed by atoms with Gasteiger partial charge in [0.05, 0.1) is 22.8 Å². The lowest BCUT2D eigenvalue weighted by atomic mass is 10.2. The first kappa shape index (κ1) is 11.4. The van der Waals surface area contributed by atoms with Crippen molar-refractivity contribution in [3.8, 4) is 0 Å². The number of nitrogens with one attached hydrogen (secondary N) is 1. The number of anilines is 2. The number of hydrogen-bond donors (Lipinski definition) is 1. The Labute approximate surface area is 113 Å². The summed E-state index contributed by atoms with van der Waals surface area (Å²) in [5.41, 5.74) is 2.79. The van der Waals surface area contributed by atoms with Gasteiger partial charge in [-0.1, -0.05) is 18.2 Å². The van der Waals surface area contributed by atoms with Gasteiger partial charge in [-0.15, -0.1) is 22.9 Å². The Hall–Kier alpha value is -1.65. The van der Waals surface area contributed by atoms with Crippen LogP contribution in [0.5, 0.6) is 0 Å². The molecule has 0 spiro atoms. The van der Waals surface area contributed by atoms with Gasteiger partial charge < -0.3 is 5.32 Å². The number of benzene rings is 1. The van der Waals surface area contributed by atoms with E-state index < -0.39 is 0 Å². The fourth-order valence-corrected chi connectivity index (χ4v) is 2.70. The number of pyridine rings is 1. The maximum atomic E-state index is 5.74. The molecular weight excluding hydrogens is 266 g/mol. The normalized spacial score (nSPS) is 10.7. The Kier molecular flexibility index (Phi) is 3.13. The Morgan fingerprint density at radius 3 is 2.94 bits per heavy atom. The van der Waals surface area contributed by atoms with Crippen LogP contribution in [-0.4, -0.2) is 9.97 Å². The summed E-state index contributed by atoms with van der Waals surface area (Å²) in [6, 6.07) is 10.0. The van der Waals surface area contributed by atoms with Gasteiger partial charge in [-0.05, 0) is 12.1 Å². The summed E-state index contributed by atoms with van der Waals surface area (Å²) in [4.78, 5) is 8.77. The van der Waals surface area contributed by atoms with Crippen LogP contribution in [-0.2, 0) is 5.88 Å². The van der Waals surface area contributed by atoms with E-state index in [9.17, 15) is 0 Å². The van der Waals surface area contributed by atoms with Crippen LogP contribution in [0.2, 0.25) is 0 Å². The summed E-state index contributed by atoms with van der Waals surface area (Å²) in [7, 11) is 0. The Morgan fingerprint density at radius 1 is 1.22 bits per heavy atom. The number of thiazole rings is 1. The first-order valence-corrected chi connectivity index (χ1v) is 6.89. The third-order valence-electron chi connectivity index (χ3n) is 2.56. The minimum absolute atomic E-state index is 0.436. The molecule has 0 unspecified atom stereocenters. The van der Waals surface area contributed by atoms with Crippen molar-refractivity contribution in [3.05, 3.63) is 47.6 Å². The van der Waals surface area contributed by atoms with Crippen LogP contribution in [0.15, 0.2) is 41.9 Å². The summed E-state index contributed by atoms with van der Waals surface area (Å²) in [5, 5.41) is 7.18. The molecule has 0 aliphatic rings. The van der Waals surface area contributed by atoms with Crippen LogP contribution in [0.3, 0.4) is 0 Å². The minimum Gasteiger partial charge on any atom is -0.330 e. The summed E-state index contributed by atoms with van der Waals surface area (Å²) in [5.74, 6) is 0.436. The lowest BCUT2D eigenvalue weighted by molar-refractivity contribution is 1.22. The first-order valence-electron chi connectivity index (χ1n) is 5.48. The van der Waals surface area contributed by atoms with Crippen LogP contribution >= 0.6 is 22.9 Å². The van der Waals surface area contributed by atoms with Gasteiger partial charge in [-0.3, -0.25) is 4.98 Å². The summed E-state index contributed by atoms with van der Waals surface area (Å²) in [6.07, 6.45) is 1.79. The molecule has 0 aliphatic carbocycles. The maximum absolute atomic E-state index is 5.74. The largest absolute Gasteiger partial charge is 0.330 e. The molecule has 0 bridgehead atoms. The molecule has 2 aromatic heterocycles. The molecule has 3 rings (SSSR count). The monoisotopic (exact) mass is 275 g/mol. The number of fused-ring (bicyclic) bond motifs is 1. The predicted octanol–water partition coefficient (Wildman–Crippen LogP) is 4.17. The van der Waals surface area contributed by atoms with Crippen molar-refractivity contribution in [2.75, 3.05) is 5.32 Å². The fraction of sp³-hybridized carbons (Fsp3) is 0.0769. The van der Waals surface area contributed by atoms with Gasteiger partial charge in [0.1, 0.15) is 0 Å². The molecule has 0 aliphatic heterocycles. The molecule has 3 aromatic rings. The van der Waals surface area contributed by atoms with Gasteiger partial charge in [0.2, 0.25) is 0 Å². The summed E-state index contributed by atoms with van der Waals surface area (Å²) >= 11 is 7.29. The maximum Gasteiger partial charge on any atom is 0.187 e. The molecule has 0 atom stereocenters. The van der Waals surface area contributed by atoms with Gasteiger partial charge >= 0.3 is 0 Å². The fourth-order valence-electron chi connectivity index (χ4n) is 1.75. The van der Waals surface area contributed by atoms with Crippen molar-refractivity contribution >= 4 is 44.7 Å². The van der Waals surface area contributed by atoms with Crippen LogP contribution in [0.25, 0.3) is 10.9 Å². The zero-order chi connectivity index (χ0) is 12.4. The predicted molar refractivity (Wildman–Crippen MR) is 76.7 cm³/mol. The van der Waals surface area contributed by atoms with Crippen molar-refractivity contribution in [2.45, 2.75) is 5.88 Å². The molecule has 1 aromatic carbocycles. The average Bonchev–Trinajstić information content (AvgIpc) is 2.87. The number of alkyl halides is 1. The second-order valence-corrected chi connectivity index (χ2v) is 4.91. The highest BCUT2D eigenvalue weighted by molar-refractivity contribution is 7.13. The zero-order valence-electron chi connectivity index (χ0n) is 9.43. The van der Waals surface area contributed by atoms with Gasteiger partial charge in [0.15, 0.2) is 5.13 Å². The third kappa shape index (κ3) is 2.17. The molecule has 2 heterocycles. The van der Waals surface area contributed by atoms with Crippen molar-refractivity contribution in [1.29, 1.82) is 0 Å². The van der Waals surface area contributed by atoms with Crippen molar-refractivity contribution in [1.82, 2.24) is 9.97 Å². The molecule has 0 fully saturated rings. The van der Waals surface area contributed by atoms with Crippen LogP contribution in [0, 0.1) is 0 Å². The van der Waals surface area contributed by atoms with E-state index >= 15 is 0 Å². The van der Waals surface area contributed by atoms with Crippen LogP contribution < -0.4 is 5.32 Å². The first-order chi connectivity index (χ1) is 8.86. The van der Waals surface area contributed by atoms with Gasteiger partial charge in [0.25, 0.3) is 0 Å². The standard InChI is InChI=1S/C13H10ClN3S/c14-7-10-8-18-13(16-10)17-11-5-1-3-9-4-2-6-15-12(9)11/h1-6,8H,7H2,(H,16,17). The van der Waals surface area contributed by atoms with Crippen LogP contribution in [0.4, 0.5) is 10.8 Å². The highest BCUT2D eigenvalue weighted by Crippen LogP contribution is 2.26.